The van der Waals surface area contributed by atoms with Crippen molar-refractivity contribution < 1.29 is 26.3 Å². The van der Waals surface area contributed by atoms with Gasteiger partial charge in [-0.3, -0.25) is 4.72 Å². The zero-order chi connectivity index (χ0) is 25.3. The number of aryl methyl sites for hydroxylation is 1. The Bertz CT molecular complexity index is 1390. The van der Waals surface area contributed by atoms with Crippen LogP contribution in [0.5, 0.6) is 5.75 Å². The minimum atomic E-state index is -4.45. The number of nitrogens with one attached hydrogen (secondary N) is 2. The van der Waals surface area contributed by atoms with Gasteiger partial charge in [-0.15, -0.1) is 11.3 Å². The predicted octanol–water partition coefficient (Wildman–Crippen LogP) is 5.80. The number of hydrogen-bond acceptors (Lipinski definition) is 6. The van der Waals surface area contributed by atoms with Crippen molar-refractivity contribution in [3.63, 3.8) is 0 Å². The number of anilines is 1. The molecule has 1 aromatic heterocycles. The fourth-order valence-corrected chi connectivity index (χ4v) is 6.40. The summed E-state index contributed by atoms with van der Waals surface area (Å²) in [6.07, 6.45) is 1.31. The molecule has 2 aromatic carbocycles. The molecule has 0 bridgehead atoms. The molecule has 36 heavy (non-hydrogen) atoms. The third-order valence-electron chi connectivity index (χ3n) is 6.32. The van der Waals surface area contributed by atoms with Crippen molar-refractivity contribution in [2.24, 2.45) is 0 Å². The van der Waals surface area contributed by atoms with Gasteiger partial charge in [-0.25, -0.2) is 13.4 Å². The molecule has 1 unspecified atom stereocenters. The maximum Gasteiger partial charge on any atom is 0.416 e. The summed E-state index contributed by atoms with van der Waals surface area (Å²) in [5, 5.41) is 5.15. The standard InChI is InChI=1S/C25H24F3N3O3S2/c26-25(27,28)18-4-7-23(21(15-18)16-8-10-29-11-9-16)34-22-3-1-2-17-14-19(5-6-20(17)22)36(32,33)31-24-30-12-13-35-24/h4-8,12-15,22,29H,1-3,9-11H2,(H,30,31). The van der Waals surface area contributed by atoms with E-state index in [1.807, 2.05) is 6.08 Å². The maximum absolute atomic E-state index is 13.4. The highest BCUT2D eigenvalue weighted by atomic mass is 32.2. The molecule has 0 amide bonds. The van der Waals surface area contributed by atoms with Gasteiger partial charge in [0.15, 0.2) is 5.13 Å². The molecule has 0 saturated carbocycles. The van der Waals surface area contributed by atoms with Crippen LogP contribution in [0.15, 0.2) is 58.9 Å². The quantitative estimate of drug-likeness (QED) is 0.417. The Morgan fingerprint density at radius 2 is 2.00 bits per heavy atom. The van der Waals surface area contributed by atoms with E-state index < -0.39 is 27.9 Å². The molecule has 0 fully saturated rings. The number of sulfonamides is 1. The first-order valence-corrected chi connectivity index (χ1v) is 13.9. The van der Waals surface area contributed by atoms with Gasteiger partial charge >= 0.3 is 6.18 Å². The maximum atomic E-state index is 13.4. The molecule has 2 N–H and O–H groups in total. The summed E-state index contributed by atoms with van der Waals surface area (Å²) in [5.74, 6) is 0.399. The zero-order valence-corrected chi connectivity index (χ0v) is 20.8. The van der Waals surface area contributed by atoms with Gasteiger partial charge in [0, 0.05) is 23.7 Å². The normalized spacial score (nSPS) is 18.3. The van der Waals surface area contributed by atoms with Crippen molar-refractivity contribution in [2.75, 3.05) is 17.8 Å². The van der Waals surface area contributed by atoms with Crippen LogP contribution in [-0.2, 0) is 22.6 Å². The molecular formula is C25H24F3N3O3S2. The van der Waals surface area contributed by atoms with Crippen LogP contribution in [0.3, 0.4) is 0 Å². The van der Waals surface area contributed by atoms with Gasteiger partial charge < -0.3 is 10.1 Å². The Morgan fingerprint density at radius 3 is 2.72 bits per heavy atom. The second-order valence-corrected chi connectivity index (χ2v) is 11.3. The average molecular weight is 536 g/mol. The highest BCUT2D eigenvalue weighted by Crippen LogP contribution is 2.40. The van der Waals surface area contributed by atoms with Crippen LogP contribution >= 0.6 is 11.3 Å². The summed E-state index contributed by atoms with van der Waals surface area (Å²) in [4.78, 5) is 4.10. The number of ether oxygens (including phenoxy) is 1. The van der Waals surface area contributed by atoms with Gasteiger partial charge in [-0.1, -0.05) is 12.1 Å². The van der Waals surface area contributed by atoms with Crippen LogP contribution < -0.4 is 14.8 Å². The Hall–Kier alpha value is -2.89. The average Bonchev–Trinajstić information content (AvgIpc) is 3.36. The van der Waals surface area contributed by atoms with E-state index in [2.05, 4.69) is 15.0 Å². The Labute approximate surface area is 211 Å². The molecule has 1 aliphatic heterocycles. The molecule has 11 heteroatoms. The van der Waals surface area contributed by atoms with E-state index in [0.717, 1.165) is 35.3 Å². The molecule has 5 rings (SSSR count). The smallest absolute Gasteiger partial charge is 0.416 e. The summed E-state index contributed by atoms with van der Waals surface area (Å²) in [7, 11) is -3.80. The molecule has 1 aliphatic carbocycles. The number of halogens is 3. The number of hydrogen-bond donors (Lipinski definition) is 2. The number of fused-ring (bicyclic) bond motifs is 1. The van der Waals surface area contributed by atoms with Crippen LogP contribution in [0.25, 0.3) is 5.57 Å². The third kappa shape index (κ3) is 5.28. The highest BCUT2D eigenvalue weighted by molar-refractivity contribution is 7.93. The molecule has 0 saturated heterocycles. The van der Waals surface area contributed by atoms with Crippen LogP contribution in [0, 0.1) is 0 Å². The fourth-order valence-electron chi connectivity index (χ4n) is 4.56. The zero-order valence-electron chi connectivity index (χ0n) is 19.1. The van der Waals surface area contributed by atoms with E-state index >= 15 is 0 Å². The highest BCUT2D eigenvalue weighted by Gasteiger charge is 2.32. The number of alkyl halides is 3. The topological polar surface area (TPSA) is 80.3 Å². The van der Waals surface area contributed by atoms with Gasteiger partial charge in [0.05, 0.1) is 10.5 Å². The molecule has 0 spiro atoms. The minimum absolute atomic E-state index is 0.132. The van der Waals surface area contributed by atoms with Crippen molar-refractivity contribution in [3.8, 4) is 5.75 Å². The van der Waals surface area contributed by atoms with Gasteiger partial charge in [0.25, 0.3) is 10.0 Å². The van der Waals surface area contributed by atoms with Gasteiger partial charge in [-0.05, 0) is 79.3 Å². The molecular weight excluding hydrogens is 511 g/mol. The van der Waals surface area contributed by atoms with Crippen molar-refractivity contribution in [1.29, 1.82) is 0 Å². The lowest BCUT2D eigenvalue weighted by molar-refractivity contribution is -0.137. The Balaban J connectivity index is 1.45. The Kier molecular flexibility index (Phi) is 6.80. The molecule has 190 valence electrons. The van der Waals surface area contributed by atoms with E-state index in [0.29, 0.717) is 43.7 Å². The lowest BCUT2D eigenvalue weighted by atomic mass is 9.89. The first-order chi connectivity index (χ1) is 17.2. The second-order valence-electron chi connectivity index (χ2n) is 8.69. The number of benzene rings is 2. The fraction of sp³-hybridized carbons (Fsp3) is 0.320. The van der Waals surface area contributed by atoms with Crippen molar-refractivity contribution in [1.82, 2.24) is 10.3 Å². The first-order valence-electron chi connectivity index (χ1n) is 11.5. The summed E-state index contributed by atoms with van der Waals surface area (Å²) >= 11 is 1.19. The van der Waals surface area contributed by atoms with Gasteiger partial charge in [-0.2, -0.15) is 13.2 Å². The third-order valence-corrected chi connectivity index (χ3v) is 8.48. The predicted molar refractivity (Wildman–Crippen MR) is 133 cm³/mol. The number of aromatic nitrogens is 1. The number of nitrogens with zero attached hydrogens (tertiary/aromatic N) is 1. The SMILES string of the molecule is O=S(=O)(Nc1nccs1)c1ccc2c(c1)CCCC2Oc1ccc(C(F)(F)F)cc1C1=CCNCC1. The Morgan fingerprint density at radius 1 is 1.14 bits per heavy atom. The van der Waals surface area contributed by atoms with E-state index in [1.165, 1.54) is 29.7 Å². The van der Waals surface area contributed by atoms with E-state index in [4.69, 9.17) is 4.74 Å². The van der Waals surface area contributed by atoms with Crippen LogP contribution in [0.1, 0.15) is 47.6 Å². The molecule has 0 radical (unpaired) electrons. The van der Waals surface area contributed by atoms with E-state index in [9.17, 15) is 21.6 Å². The minimum Gasteiger partial charge on any atom is -0.485 e. The molecule has 2 heterocycles. The van der Waals surface area contributed by atoms with Crippen LogP contribution in [0.2, 0.25) is 0 Å². The van der Waals surface area contributed by atoms with Crippen LogP contribution in [0.4, 0.5) is 18.3 Å². The largest absolute Gasteiger partial charge is 0.485 e. The van der Waals surface area contributed by atoms with Crippen molar-refractivity contribution >= 4 is 32.1 Å². The summed E-state index contributed by atoms with van der Waals surface area (Å²) in [5.41, 5.74) is 2.25. The van der Waals surface area contributed by atoms with E-state index in [1.54, 1.807) is 17.5 Å². The number of thiazole rings is 1. The first kappa shape index (κ1) is 24.8. The lowest BCUT2D eigenvalue weighted by Gasteiger charge is -2.28. The molecule has 6 nitrogen and oxygen atoms in total. The van der Waals surface area contributed by atoms with Gasteiger partial charge in [0.1, 0.15) is 11.9 Å². The second kappa shape index (κ2) is 9.87. The summed E-state index contributed by atoms with van der Waals surface area (Å²) in [6.45, 7) is 1.27. The number of rotatable bonds is 6. The van der Waals surface area contributed by atoms with Crippen LogP contribution in [-0.4, -0.2) is 26.5 Å². The van der Waals surface area contributed by atoms with E-state index in [-0.39, 0.29) is 10.0 Å². The van der Waals surface area contributed by atoms with Crippen molar-refractivity contribution in [2.45, 2.75) is 42.9 Å². The molecule has 2 aliphatic rings. The monoisotopic (exact) mass is 535 g/mol. The molecule has 3 aromatic rings. The summed E-state index contributed by atoms with van der Waals surface area (Å²) in [6, 6.07) is 8.51. The lowest BCUT2D eigenvalue weighted by Crippen LogP contribution is -2.21. The summed E-state index contributed by atoms with van der Waals surface area (Å²) < 4.78 is 74.8. The van der Waals surface area contributed by atoms with Crippen molar-refractivity contribution in [3.05, 3.63) is 76.3 Å². The molecule has 1 atom stereocenters. The van der Waals surface area contributed by atoms with Gasteiger partial charge in [0.2, 0.25) is 0 Å².